The van der Waals surface area contributed by atoms with Crippen molar-refractivity contribution in [3.8, 4) is 0 Å². The van der Waals surface area contributed by atoms with Crippen molar-refractivity contribution in [2.75, 3.05) is 0 Å². The standard InChI is InChI=1S/C23H40O6P2/c1-7-13(2)17-11-18-16(26-18)10-8-9-14(3)21(29-31)15(4)22(25)23(5,6)19(28-30)12-20(24)27-17/h7,14-19,21H,8-12,30-31H2,1-6H3/b13-7+. The maximum absolute atomic E-state index is 13.5. The number of rotatable bonds is 3. The second kappa shape index (κ2) is 11.7. The van der Waals surface area contributed by atoms with E-state index in [0.717, 1.165) is 24.8 Å². The molecule has 0 spiro atoms. The van der Waals surface area contributed by atoms with Gasteiger partial charge >= 0.3 is 5.97 Å². The predicted octanol–water partition coefficient (Wildman–Crippen LogP) is 4.81. The first kappa shape index (κ1) is 26.9. The maximum Gasteiger partial charge on any atom is 0.309 e. The number of esters is 1. The molecule has 2 rings (SSSR count). The van der Waals surface area contributed by atoms with Crippen LogP contribution in [0.1, 0.15) is 73.6 Å². The fraction of sp³-hybridized carbons (Fsp3) is 0.826. The number of carbonyl (C=O) groups is 2. The first-order valence-electron chi connectivity index (χ1n) is 11.3. The summed E-state index contributed by atoms with van der Waals surface area (Å²) in [4.78, 5) is 26.3. The van der Waals surface area contributed by atoms with Crippen LogP contribution in [0.2, 0.25) is 0 Å². The van der Waals surface area contributed by atoms with Gasteiger partial charge in [-0.25, -0.2) is 0 Å². The second-order valence-corrected chi connectivity index (χ2v) is 10.2. The van der Waals surface area contributed by atoms with Crippen molar-refractivity contribution in [3.05, 3.63) is 11.6 Å². The molecule has 8 heteroatoms. The molecular formula is C23H40O6P2. The highest BCUT2D eigenvalue weighted by Gasteiger charge is 2.45. The predicted molar refractivity (Wildman–Crippen MR) is 127 cm³/mol. The van der Waals surface area contributed by atoms with E-state index in [0.29, 0.717) is 6.42 Å². The molecule has 0 aliphatic carbocycles. The van der Waals surface area contributed by atoms with Crippen LogP contribution in [-0.4, -0.2) is 42.3 Å². The summed E-state index contributed by atoms with van der Waals surface area (Å²) in [5.41, 5.74) is 0.124. The average molecular weight is 475 g/mol. The van der Waals surface area contributed by atoms with E-state index in [4.69, 9.17) is 18.5 Å². The van der Waals surface area contributed by atoms with Crippen molar-refractivity contribution in [2.24, 2.45) is 17.3 Å². The summed E-state index contributed by atoms with van der Waals surface area (Å²) in [6.45, 7) is 11.6. The fourth-order valence-electron chi connectivity index (χ4n) is 4.64. The van der Waals surface area contributed by atoms with Crippen LogP contribution >= 0.6 is 18.9 Å². The van der Waals surface area contributed by atoms with Gasteiger partial charge in [-0.15, -0.1) is 0 Å². The molecule has 0 aromatic rings. The number of epoxide rings is 1. The highest BCUT2D eigenvalue weighted by molar-refractivity contribution is 7.10. The van der Waals surface area contributed by atoms with Crippen molar-refractivity contribution in [1.82, 2.24) is 0 Å². The van der Waals surface area contributed by atoms with Crippen molar-refractivity contribution in [3.63, 3.8) is 0 Å². The lowest BCUT2D eigenvalue weighted by Crippen LogP contribution is -2.46. The van der Waals surface area contributed by atoms with E-state index < -0.39 is 11.5 Å². The van der Waals surface area contributed by atoms with Gasteiger partial charge in [-0.2, -0.15) is 0 Å². The maximum atomic E-state index is 13.5. The highest BCUT2D eigenvalue weighted by Crippen LogP contribution is 2.38. The molecule has 9 unspecified atom stereocenters. The van der Waals surface area contributed by atoms with Gasteiger partial charge < -0.3 is 18.5 Å². The van der Waals surface area contributed by atoms with Crippen LogP contribution in [0.4, 0.5) is 0 Å². The molecule has 2 saturated heterocycles. The zero-order chi connectivity index (χ0) is 23.3. The Hall–Kier alpha value is -0.380. The van der Waals surface area contributed by atoms with Gasteiger partial charge in [0.1, 0.15) is 11.9 Å². The Labute approximate surface area is 192 Å². The summed E-state index contributed by atoms with van der Waals surface area (Å²) < 4.78 is 22.9. The first-order chi connectivity index (χ1) is 14.6. The van der Waals surface area contributed by atoms with Crippen LogP contribution in [0.15, 0.2) is 11.6 Å². The number of hydrogen-bond acceptors (Lipinski definition) is 6. The van der Waals surface area contributed by atoms with Gasteiger partial charge in [0.25, 0.3) is 0 Å². The van der Waals surface area contributed by atoms with Crippen LogP contribution in [0.25, 0.3) is 0 Å². The molecule has 0 aromatic carbocycles. The summed E-state index contributed by atoms with van der Waals surface area (Å²) in [5.74, 6) is -0.470. The van der Waals surface area contributed by atoms with E-state index in [1.807, 2.05) is 40.7 Å². The number of allylic oxidation sites excluding steroid dienone is 1. The number of fused-ring (bicyclic) bond motifs is 1. The van der Waals surface area contributed by atoms with Crippen LogP contribution in [0.5, 0.6) is 0 Å². The topological polar surface area (TPSA) is 74.4 Å². The Kier molecular flexibility index (Phi) is 10.1. The Bertz CT molecular complexity index is 664. The van der Waals surface area contributed by atoms with E-state index in [1.54, 1.807) is 0 Å². The fourth-order valence-corrected chi connectivity index (χ4v) is 5.58. The summed E-state index contributed by atoms with van der Waals surface area (Å²) in [6.07, 6.45) is 4.72. The quantitative estimate of drug-likeness (QED) is 0.253. The second-order valence-electron chi connectivity index (χ2n) is 9.67. The van der Waals surface area contributed by atoms with Gasteiger partial charge in [-0.1, -0.05) is 40.2 Å². The molecule has 31 heavy (non-hydrogen) atoms. The van der Waals surface area contributed by atoms with E-state index in [2.05, 4.69) is 25.9 Å². The molecule has 2 heterocycles. The minimum absolute atomic E-state index is 0.000636. The smallest absolute Gasteiger partial charge is 0.309 e. The van der Waals surface area contributed by atoms with E-state index in [1.165, 1.54) is 0 Å². The molecule has 0 radical (unpaired) electrons. The molecule has 9 atom stereocenters. The largest absolute Gasteiger partial charge is 0.458 e. The van der Waals surface area contributed by atoms with E-state index >= 15 is 0 Å². The molecule has 178 valence electrons. The summed E-state index contributed by atoms with van der Waals surface area (Å²) in [7, 11) is 4.53. The Morgan fingerprint density at radius 3 is 2.39 bits per heavy atom. The average Bonchev–Trinajstić information content (AvgIpc) is 3.47. The van der Waals surface area contributed by atoms with Gasteiger partial charge in [0.15, 0.2) is 0 Å². The lowest BCUT2D eigenvalue weighted by Gasteiger charge is -2.37. The normalized spacial score (nSPS) is 38.3. The third-order valence-corrected chi connectivity index (χ3v) is 7.74. The Morgan fingerprint density at radius 1 is 1.13 bits per heavy atom. The van der Waals surface area contributed by atoms with E-state index in [9.17, 15) is 9.59 Å². The lowest BCUT2D eigenvalue weighted by molar-refractivity contribution is -0.153. The van der Waals surface area contributed by atoms with Gasteiger partial charge in [0.05, 0.1) is 36.3 Å². The van der Waals surface area contributed by atoms with Gasteiger partial charge in [-0.05, 0) is 38.2 Å². The SMILES string of the molecule is C/C=C(\C)C1CC2OC2CCCC(C)C(OP)C(C)C(=O)C(C)(C)C(OP)CC(=O)O1. The molecular weight excluding hydrogens is 434 g/mol. The number of Topliss-reactive ketones (excluding diaryl/α,β-unsaturated/α-hetero) is 1. The minimum Gasteiger partial charge on any atom is -0.458 e. The molecule has 2 aliphatic rings. The molecule has 0 N–H and O–H groups in total. The zero-order valence-corrected chi connectivity index (χ0v) is 22.1. The molecule has 0 amide bonds. The van der Waals surface area contributed by atoms with Crippen molar-refractivity contribution >= 4 is 30.7 Å². The van der Waals surface area contributed by atoms with E-state index in [-0.39, 0.29) is 54.4 Å². The zero-order valence-electron chi connectivity index (χ0n) is 19.8. The van der Waals surface area contributed by atoms with Gasteiger partial charge in [0, 0.05) is 31.3 Å². The Morgan fingerprint density at radius 2 is 1.81 bits per heavy atom. The Balaban J connectivity index is 2.29. The summed E-state index contributed by atoms with van der Waals surface area (Å²) >= 11 is 0. The first-order valence-corrected chi connectivity index (χ1v) is 12.2. The summed E-state index contributed by atoms with van der Waals surface area (Å²) in [5, 5.41) is 0. The van der Waals surface area contributed by atoms with Crippen LogP contribution in [-0.2, 0) is 28.1 Å². The third kappa shape index (κ3) is 6.81. The minimum atomic E-state index is -0.881. The molecule has 0 aromatic heterocycles. The lowest BCUT2D eigenvalue weighted by atomic mass is 9.73. The van der Waals surface area contributed by atoms with Gasteiger partial charge in [-0.3, -0.25) is 9.59 Å². The molecule has 6 nitrogen and oxygen atoms in total. The number of carbonyl (C=O) groups excluding carboxylic acids is 2. The van der Waals surface area contributed by atoms with Gasteiger partial charge in [0.2, 0.25) is 0 Å². The van der Waals surface area contributed by atoms with Crippen LogP contribution in [0, 0.1) is 17.3 Å². The number of hydrogen-bond donors (Lipinski definition) is 0. The number of ketones is 1. The van der Waals surface area contributed by atoms with Crippen molar-refractivity contribution < 1.29 is 28.1 Å². The van der Waals surface area contributed by atoms with Crippen LogP contribution in [0.3, 0.4) is 0 Å². The number of ether oxygens (including phenoxy) is 2. The molecule has 0 saturated carbocycles. The highest BCUT2D eigenvalue weighted by atomic mass is 31.0. The summed E-state index contributed by atoms with van der Waals surface area (Å²) in [6, 6.07) is 0. The van der Waals surface area contributed by atoms with Crippen molar-refractivity contribution in [1.29, 1.82) is 0 Å². The van der Waals surface area contributed by atoms with Crippen LogP contribution < -0.4 is 0 Å². The monoisotopic (exact) mass is 474 g/mol. The molecule has 0 bridgehead atoms. The van der Waals surface area contributed by atoms with Crippen molar-refractivity contribution in [2.45, 2.75) is 104 Å². The third-order valence-electron chi connectivity index (χ3n) is 7.10. The molecule has 2 aliphatic heterocycles. The number of cyclic esters (lactones) is 1. The molecule has 2 fully saturated rings.